The fraction of sp³-hybridized carbons (Fsp3) is 0.286. The first kappa shape index (κ1) is 11.6. The Balaban J connectivity index is 3.42. The van der Waals surface area contributed by atoms with Crippen molar-refractivity contribution in [2.24, 2.45) is 0 Å². The Bertz CT molecular complexity index is 400. The summed E-state index contributed by atoms with van der Waals surface area (Å²) in [4.78, 5) is 12.9. The van der Waals surface area contributed by atoms with Crippen molar-refractivity contribution in [3.05, 3.63) is 26.9 Å². The first-order valence-electron chi connectivity index (χ1n) is 3.64. The molecule has 0 aliphatic rings. The summed E-state index contributed by atoms with van der Waals surface area (Å²) < 4.78 is 29.4. The molecule has 8 heteroatoms. The second kappa shape index (κ2) is 4.35. The fourth-order valence-electron chi connectivity index (χ4n) is 0.947. The molecule has 0 amide bonds. The van der Waals surface area contributed by atoms with Gasteiger partial charge in [-0.05, 0) is 0 Å². The van der Waals surface area contributed by atoms with E-state index >= 15 is 0 Å². The molecule has 0 spiro atoms. The van der Waals surface area contributed by atoms with E-state index in [1.54, 1.807) is 0 Å². The smallest absolute Gasteiger partial charge is 0.286 e. The van der Waals surface area contributed by atoms with E-state index in [1.165, 1.54) is 7.11 Å². The minimum absolute atomic E-state index is 0.184. The second-order valence-corrected chi connectivity index (χ2v) is 2.80. The average molecular weight is 239 g/mol. The SMILES string of the molecule is COc1cc([N+](=O)[O-])c(C(F)F)c(Cl)n1. The lowest BCUT2D eigenvalue weighted by Gasteiger charge is -2.05. The van der Waals surface area contributed by atoms with E-state index in [-0.39, 0.29) is 5.88 Å². The van der Waals surface area contributed by atoms with Crippen LogP contribution in [0.15, 0.2) is 6.07 Å². The van der Waals surface area contributed by atoms with E-state index in [2.05, 4.69) is 9.72 Å². The fourth-order valence-corrected chi connectivity index (χ4v) is 1.21. The van der Waals surface area contributed by atoms with Crippen molar-refractivity contribution in [2.75, 3.05) is 7.11 Å². The number of halogens is 3. The highest BCUT2D eigenvalue weighted by Gasteiger charge is 2.27. The molecule has 1 aromatic rings. The van der Waals surface area contributed by atoms with Crippen molar-refractivity contribution in [1.82, 2.24) is 4.98 Å². The zero-order valence-electron chi connectivity index (χ0n) is 7.41. The van der Waals surface area contributed by atoms with Gasteiger partial charge in [0.1, 0.15) is 10.7 Å². The van der Waals surface area contributed by atoms with Gasteiger partial charge in [0.2, 0.25) is 5.88 Å². The van der Waals surface area contributed by atoms with Crippen LogP contribution in [0.25, 0.3) is 0 Å². The first-order chi connectivity index (χ1) is 6.97. The lowest BCUT2D eigenvalue weighted by Crippen LogP contribution is -2.00. The van der Waals surface area contributed by atoms with E-state index in [1.807, 2.05) is 0 Å². The van der Waals surface area contributed by atoms with E-state index < -0.39 is 27.8 Å². The number of rotatable bonds is 3. The van der Waals surface area contributed by atoms with Gasteiger partial charge in [0, 0.05) is 0 Å². The van der Waals surface area contributed by atoms with Gasteiger partial charge < -0.3 is 4.74 Å². The summed E-state index contributed by atoms with van der Waals surface area (Å²) in [5.74, 6) is -0.184. The molecule has 0 N–H and O–H groups in total. The number of alkyl halides is 2. The molecule has 0 saturated heterocycles. The van der Waals surface area contributed by atoms with Crippen LogP contribution in [-0.4, -0.2) is 17.0 Å². The van der Waals surface area contributed by atoms with Gasteiger partial charge >= 0.3 is 0 Å². The second-order valence-electron chi connectivity index (χ2n) is 2.45. The molecule has 0 aromatic carbocycles. The third kappa shape index (κ3) is 2.30. The van der Waals surface area contributed by atoms with Crippen LogP contribution in [0.4, 0.5) is 14.5 Å². The average Bonchev–Trinajstić information content (AvgIpc) is 2.15. The van der Waals surface area contributed by atoms with Crippen molar-refractivity contribution < 1.29 is 18.4 Å². The van der Waals surface area contributed by atoms with Crippen molar-refractivity contribution >= 4 is 17.3 Å². The molecule has 1 aromatic heterocycles. The van der Waals surface area contributed by atoms with Crippen LogP contribution >= 0.6 is 11.6 Å². The van der Waals surface area contributed by atoms with Gasteiger partial charge in [-0.1, -0.05) is 11.6 Å². The highest BCUT2D eigenvalue weighted by Crippen LogP contribution is 2.35. The van der Waals surface area contributed by atoms with Crippen LogP contribution < -0.4 is 4.74 Å². The molecule has 0 bridgehead atoms. The van der Waals surface area contributed by atoms with Crippen molar-refractivity contribution in [3.63, 3.8) is 0 Å². The van der Waals surface area contributed by atoms with Gasteiger partial charge in [-0.25, -0.2) is 13.8 Å². The summed E-state index contributed by atoms with van der Waals surface area (Å²) in [6, 6.07) is 0.799. The molecule has 0 radical (unpaired) electrons. The Kier molecular flexibility index (Phi) is 3.35. The Labute approximate surface area is 87.8 Å². The van der Waals surface area contributed by atoms with Crippen LogP contribution in [0.2, 0.25) is 5.15 Å². The molecule has 15 heavy (non-hydrogen) atoms. The molecular weight excluding hydrogens is 234 g/mol. The first-order valence-corrected chi connectivity index (χ1v) is 4.02. The monoisotopic (exact) mass is 238 g/mol. The maximum absolute atomic E-state index is 12.4. The minimum Gasteiger partial charge on any atom is -0.481 e. The van der Waals surface area contributed by atoms with E-state index in [0.29, 0.717) is 0 Å². The highest BCUT2D eigenvalue weighted by atomic mass is 35.5. The number of nitrogens with zero attached hydrogens (tertiary/aromatic N) is 2. The standard InChI is InChI=1S/C7H5ClF2N2O3/c1-15-4-2-3(12(13)14)5(7(9)10)6(8)11-4/h2,7H,1H3. The molecule has 0 aliphatic carbocycles. The van der Waals surface area contributed by atoms with Crippen molar-refractivity contribution in [2.45, 2.75) is 6.43 Å². The molecule has 0 unspecified atom stereocenters. The summed E-state index contributed by atoms with van der Waals surface area (Å²) >= 11 is 5.38. The van der Waals surface area contributed by atoms with E-state index in [4.69, 9.17) is 11.6 Å². The summed E-state index contributed by atoms with van der Waals surface area (Å²) in [6.07, 6.45) is -3.06. The molecule has 0 fully saturated rings. The third-order valence-electron chi connectivity index (χ3n) is 1.59. The number of hydrogen-bond donors (Lipinski definition) is 0. The van der Waals surface area contributed by atoms with Crippen LogP contribution in [0.1, 0.15) is 12.0 Å². The van der Waals surface area contributed by atoms with Gasteiger partial charge in [-0.15, -0.1) is 0 Å². The molecular formula is C7H5ClF2N2O3. The number of ether oxygens (including phenoxy) is 1. The summed E-state index contributed by atoms with van der Waals surface area (Å²) in [7, 11) is 1.20. The number of methoxy groups -OCH3 is 1. The minimum atomic E-state index is -3.06. The topological polar surface area (TPSA) is 65.3 Å². The van der Waals surface area contributed by atoms with Crippen molar-refractivity contribution in [1.29, 1.82) is 0 Å². The lowest BCUT2D eigenvalue weighted by molar-refractivity contribution is -0.386. The zero-order chi connectivity index (χ0) is 11.6. The molecule has 82 valence electrons. The maximum Gasteiger partial charge on any atom is 0.286 e. The summed E-state index contributed by atoms with van der Waals surface area (Å²) in [6.45, 7) is 0. The lowest BCUT2D eigenvalue weighted by atomic mass is 10.2. The van der Waals surface area contributed by atoms with Gasteiger partial charge in [-0.2, -0.15) is 0 Å². The normalized spacial score (nSPS) is 10.5. The van der Waals surface area contributed by atoms with Crippen molar-refractivity contribution in [3.8, 4) is 5.88 Å². The highest BCUT2D eigenvalue weighted by molar-refractivity contribution is 6.30. The van der Waals surface area contributed by atoms with Crippen LogP contribution in [0.3, 0.4) is 0 Å². The molecule has 1 rings (SSSR count). The van der Waals surface area contributed by atoms with Gasteiger partial charge in [0.25, 0.3) is 12.1 Å². The number of aromatic nitrogens is 1. The third-order valence-corrected chi connectivity index (χ3v) is 1.88. The molecule has 0 atom stereocenters. The number of nitro groups is 1. The quantitative estimate of drug-likeness (QED) is 0.461. The summed E-state index contributed by atoms with van der Waals surface area (Å²) in [5.41, 5.74) is -1.70. The predicted octanol–water partition coefficient (Wildman–Crippen LogP) is 2.59. The zero-order valence-corrected chi connectivity index (χ0v) is 8.16. The molecule has 0 aliphatic heterocycles. The Hall–Kier alpha value is -1.50. The maximum atomic E-state index is 12.4. The Morgan fingerprint density at radius 3 is 2.67 bits per heavy atom. The van der Waals surface area contributed by atoms with Gasteiger partial charge in [-0.3, -0.25) is 10.1 Å². The molecule has 1 heterocycles. The summed E-state index contributed by atoms with van der Waals surface area (Å²) in [5, 5.41) is 9.85. The van der Waals surface area contributed by atoms with Crippen LogP contribution in [-0.2, 0) is 0 Å². The van der Waals surface area contributed by atoms with Gasteiger partial charge in [0.05, 0.1) is 18.1 Å². The molecule has 5 nitrogen and oxygen atoms in total. The van der Waals surface area contributed by atoms with E-state index in [0.717, 1.165) is 6.07 Å². The van der Waals surface area contributed by atoms with E-state index in [9.17, 15) is 18.9 Å². The van der Waals surface area contributed by atoms with Crippen LogP contribution in [0.5, 0.6) is 5.88 Å². The van der Waals surface area contributed by atoms with Crippen LogP contribution in [0, 0.1) is 10.1 Å². The Morgan fingerprint density at radius 2 is 2.27 bits per heavy atom. The number of hydrogen-bond acceptors (Lipinski definition) is 4. The molecule has 0 saturated carbocycles. The largest absolute Gasteiger partial charge is 0.481 e. The van der Waals surface area contributed by atoms with Gasteiger partial charge in [0.15, 0.2) is 0 Å². The Morgan fingerprint density at radius 1 is 1.67 bits per heavy atom. The predicted molar refractivity (Wildman–Crippen MR) is 47.4 cm³/mol. The number of pyridine rings is 1.